The van der Waals surface area contributed by atoms with Crippen LogP contribution in [0.4, 0.5) is 0 Å². The minimum absolute atomic E-state index is 0.119. The van der Waals surface area contributed by atoms with Gasteiger partial charge in [0.25, 0.3) is 0 Å². The highest BCUT2D eigenvalue weighted by molar-refractivity contribution is 5.91. The molecule has 2 aromatic carbocycles. The Labute approximate surface area is 148 Å². The standard InChI is InChI=1S/C21H23N3O/c1-16(2)15-24-19-11-7-6-10-18(19)23-20(24)14-22-21(25)13-12-17-8-4-3-5-9-17/h3-13,16H,14-15H2,1-2H3,(H,22,25)/b13-12-. The van der Waals surface area contributed by atoms with Gasteiger partial charge in [-0.25, -0.2) is 4.98 Å². The Balaban J connectivity index is 1.72. The Morgan fingerprint density at radius 1 is 1.12 bits per heavy atom. The lowest BCUT2D eigenvalue weighted by Gasteiger charge is -2.12. The first-order chi connectivity index (χ1) is 12.1. The van der Waals surface area contributed by atoms with Gasteiger partial charge in [-0.15, -0.1) is 0 Å². The topological polar surface area (TPSA) is 46.9 Å². The Morgan fingerprint density at radius 3 is 2.60 bits per heavy atom. The summed E-state index contributed by atoms with van der Waals surface area (Å²) in [5, 5.41) is 2.93. The van der Waals surface area contributed by atoms with Crippen LogP contribution in [0.1, 0.15) is 25.2 Å². The number of nitrogens with one attached hydrogen (secondary N) is 1. The van der Waals surface area contributed by atoms with Gasteiger partial charge in [-0.1, -0.05) is 56.3 Å². The molecule has 0 aliphatic rings. The fraction of sp³-hybridized carbons (Fsp3) is 0.238. The maximum Gasteiger partial charge on any atom is 0.244 e. The van der Waals surface area contributed by atoms with Crippen molar-refractivity contribution < 1.29 is 4.79 Å². The second-order valence-corrected chi connectivity index (χ2v) is 6.48. The minimum atomic E-state index is -0.119. The number of carbonyl (C=O) groups is 1. The SMILES string of the molecule is CC(C)Cn1c(CNC(=O)/C=C\c2ccccc2)nc2ccccc21. The van der Waals surface area contributed by atoms with E-state index in [1.54, 1.807) is 6.08 Å². The van der Waals surface area contributed by atoms with E-state index in [-0.39, 0.29) is 5.91 Å². The summed E-state index contributed by atoms with van der Waals surface area (Å²) in [6.45, 7) is 5.66. The molecular formula is C21H23N3O. The molecule has 1 N–H and O–H groups in total. The van der Waals surface area contributed by atoms with E-state index in [2.05, 4.69) is 34.8 Å². The van der Waals surface area contributed by atoms with Crippen molar-refractivity contribution in [3.8, 4) is 0 Å². The Bertz CT molecular complexity index is 879. The lowest BCUT2D eigenvalue weighted by molar-refractivity contribution is -0.116. The van der Waals surface area contributed by atoms with Crippen LogP contribution >= 0.6 is 0 Å². The van der Waals surface area contributed by atoms with Crippen molar-refractivity contribution in [1.82, 2.24) is 14.9 Å². The second-order valence-electron chi connectivity index (χ2n) is 6.48. The Morgan fingerprint density at radius 2 is 1.84 bits per heavy atom. The number of carbonyl (C=O) groups excluding carboxylic acids is 1. The number of nitrogens with zero attached hydrogens (tertiary/aromatic N) is 2. The van der Waals surface area contributed by atoms with Crippen LogP contribution in [0.5, 0.6) is 0 Å². The molecule has 4 heteroatoms. The molecule has 128 valence electrons. The molecular weight excluding hydrogens is 310 g/mol. The summed E-state index contributed by atoms with van der Waals surface area (Å²) in [5.74, 6) is 1.27. The van der Waals surface area contributed by atoms with E-state index in [9.17, 15) is 4.79 Å². The Kier molecular flexibility index (Phi) is 5.29. The van der Waals surface area contributed by atoms with Gasteiger partial charge in [-0.3, -0.25) is 4.79 Å². The summed E-state index contributed by atoms with van der Waals surface area (Å²) >= 11 is 0. The normalized spacial score (nSPS) is 11.5. The molecule has 0 saturated heterocycles. The van der Waals surface area contributed by atoms with Gasteiger partial charge in [0.1, 0.15) is 5.82 Å². The minimum Gasteiger partial charge on any atom is -0.345 e. The van der Waals surface area contributed by atoms with E-state index in [1.165, 1.54) is 0 Å². The summed E-state index contributed by atoms with van der Waals surface area (Å²) in [7, 11) is 0. The first-order valence-electron chi connectivity index (χ1n) is 8.58. The molecule has 0 atom stereocenters. The van der Waals surface area contributed by atoms with E-state index >= 15 is 0 Å². The highest BCUT2D eigenvalue weighted by atomic mass is 16.1. The highest BCUT2D eigenvalue weighted by Crippen LogP contribution is 2.17. The summed E-state index contributed by atoms with van der Waals surface area (Å²) in [6.07, 6.45) is 3.37. The smallest absolute Gasteiger partial charge is 0.244 e. The largest absolute Gasteiger partial charge is 0.345 e. The average molecular weight is 333 g/mol. The number of benzene rings is 2. The van der Waals surface area contributed by atoms with E-state index in [0.29, 0.717) is 12.5 Å². The predicted molar refractivity (Wildman–Crippen MR) is 102 cm³/mol. The van der Waals surface area contributed by atoms with Crippen LogP contribution in [0, 0.1) is 5.92 Å². The molecule has 0 bridgehead atoms. The number of amides is 1. The molecule has 0 saturated carbocycles. The number of para-hydroxylation sites is 2. The van der Waals surface area contributed by atoms with Crippen LogP contribution in [-0.4, -0.2) is 15.5 Å². The molecule has 0 aliphatic heterocycles. The maximum atomic E-state index is 12.1. The monoisotopic (exact) mass is 333 g/mol. The average Bonchev–Trinajstić information content (AvgIpc) is 2.96. The van der Waals surface area contributed by atoms with Gasteiger partial charge in [-0.05, 0) is 29.7 Å². The van der Waals surface area contributed by atoms with E-state index in [0.717, 1.165) is 29.0 Å². The van der Waals surface area contributed by atoms with Gasteiger partial charge < -0.3 is 9.88 Å². The van der Waals surface area contributed by atoms with Gasteiger partial charge in [0.15, 0.2) is 0 Å². The molecule has 3 aromatic rings. The van der Waals surface area contributed by atoms with Crippen LogP contribution in [0.2, 0.25) is 0 Å². The number of fused-ring (bicyclic) bond motifs is 1. The molecule has 0 spiro atoms. The molecule has 1 amide bonds. The van der Waals surface area contributed by atoms with E-state index in [4.69, 9.17) is 0 Å². The molecule has 4 nitrogen and oxygen atoms in total. The van der Waals surface area contributed by atoms with Crippen molar-refractivity contribution in [2.45, 2.75) is 26.9 Å². The van der Waals surface area contributed by atoms with Crippen LogP contribution in [0.25, 0.3) is 17.1 Å². The fourth-order valence-electron chi connectivity index (χ4n) is 2.79. The zero-order chi connectivity index (χ0) is 17.6. The summed E-state index contributed by atoms with van der Waals surface area (Å²) in [6, 6.07) is 17.9. The summed E-state index contributed by atoms with van der Waals surface area (Å²) < 4.78 is 2.20. The molecule has 0 fully saturated rings. The third-order valence-corrected chi connectivity index (χ3v) is 3.93. The first kappa shape index (κ1) is 17.0. The first-order valence-corrected chi connectivity index (χ1v) is 8.58. The molecule has 0 aliphatic carbocycles. The van der Waals surface area contributed by atoms with Crippen molar-refractivity contribution in [2.24, 2.45) is 5.92 Å². The van der Waals surface area contributed by atoms with Crippen molar-refractivity contribution in [3.63, 3.8) is 0 Å². The lowest BCUT2D eigenvalue weighted by Crippen LogP contribution is -2.23. The number of hydrogen-bond donors (Lipinski definition) is 1. The molecule has 25 heavy (non-hydrogen) atoms. The quantitative estimate of drug-likeness (QED) is 0.693. The maximum absolute atomic E-state index is 12.1. The van der Waals surface area contributed by atoms with Crippen molar-refractivity contribution in [2.75, 3.05) is 0 Å². The number of hydrogen-bond acceptors (Lipinski definition) is 2. The van der Waals surface area contributed by atoms with Gasteiger partial charge in [-0.2, -0.15) is 0 Å². The van der Waals surface area contributed by atoms with Gasteiger partial charge >= 0.3 is 0 Å². The number of rotatable bonds is 6. The lowest BCUT2D eigenvalue weighted by atomic mass is 10.2. The number of imidazole rings is 1. The third kappa shape index (κ3) is 4.35. The molecule has 3 rings (SSSR count). The van der Waals surface area contributed by atoms with Crippen LogP contribution in [0.15, 0.2) is 60.7 Å². The zero-order valence-corrected chi connectivity index (χ0v) is 14.6. The number of aromatic nitrogens is 2. The van der Waals surface area contributed by atoms with Crippen molar-refractivity contribution in [3.05, 3.63) is 72.1 Å². The highest BCUT2D eigenvalue weighted by Gasteiger charge is 2.11. The van der Waals surface area contributed by atoms with Crippen LogP contribution in [-0.2, 0) is 17.9 Å². The molecule has 1 heterocycles. The van der Waals surface area contributed by atoms with Crippen LogP contribution in [0.3, 0.4) is 0 Å². The molecule has 0 radical (unpaired) electrons. The van der Waals surface area contributed by atoms with Gasteiger partial charge in [0, 0.05) is 12.6 Å². The Hall–Kier alpha value is -2.88. The third-order valence-electron chi connectivity index (χ3n) is 3.93. The summed E-state index contributed by atoms with van der Waals surface area (Å²) in [5.41, 5.74) is 3.08. The van der Waals surface area contributed by atoms with Crippen molar-refractivity contribution in [1.29, 1.82) is 0 Å². The summed E-state index contributed by atoms with van der Waals surface area (Å²) in [4.78, 5) is 16.8. The second kappa shape index (κ2) is 7.79. The van der Waals surface area contributed by atoms with Crippen molar-refractivity contribution >= 4 is 23.0 Å². The zero-order valence-electron chi connectivity index (χ0n) is 14.6. The molecule has 1 aromatic heterocycles. The van der Waals surface area contributed by atoms with E-state index < -0.39 is 0 Å². The predicted octanol–water partition coefficient (Wildman–Crippen LogP) is 4.02. The fourth-order valence-corrected chi connectivity index (χ4v) is 2.79. The van der Waals surface area contributed by atoms with E-state index in [1.807, 2.05) is 54.6 Å². The van der Waals surface area contributed by atoms with Gasteiger partial charge in [0.2, 0.25) is 5.91 Å². The van der Waals surface area contributed by atoms with Gasteiger partial charge in [0.05, 0.1) is 17.6 Å². The van der Waals surface area contributed by atoms with Crippen LogP contribution < -0.4 is 5.32 Å². The molecule has 0 unspecified atom stereocenters.